The Bertz CT molecular complexity index is 454. The third kappa shape index (κ3) is 2.74. The van der Waals surface area contributed by atoms with E-state index in [0.29, 0.717) is 13.0 Å². The molecule has 1 aromatic rings. The minimum Gasteiger partial charge on any atom is -0.478 e. The quantitative estimate of drug-likeness (QED) is 0.661. The van der Waals surface area contributed by atoms with Crippen molar-refractivity contribution in [2.75, 3.05) is 11.9 Å². The van der Waals surface area contributed by atoms with Gasteiger partial charge >= 0.3 is 5.97 Å². The molecule has 0 amide bonds. The smallest absolute Gasteiger partial charge is 0.336 e. The van der Waals surface area contributed by atoms with Crippen LogP contribution in [0.15, 0.2) is 16.6 Å². The summed E-state index contributed by atoms with van der Waals surface area (Å²) in [4.78, 5) is 10.7. The molecule has 1 aromatic carbocycles. The third-order valence-electron chi connectivity index (χ3n) is 1.90. The van der Waals surface area contributed by atoms with Gasteiger partial charge in [0.2, 0.25) is 0 Å². The summed E-state index contributed by atoms with van der Waals surface area (Å²) in [5.41, 5.74) is 0.118. The van der Waals surface area contributed by atoms with Crippen LogP contribution in [0.25, 0.3) is 0 Å². The van der Waals surface area contributed by atoms with Crippen LogP contribution in [0.1, 0.15) is 16.8 Å². The lowest BCUT2D eigenvalue weighted by molar-refractivity contribution is 0.0695. The lowest BCUT2D eigenvalue weighted by atomic mass is 10.2. The predicted octanol–water partition coefficient (Wildman–Crippen LogP) is 2.72. The molecule has 0 aromatic heterocycles. The number of terminal acetylenes is 1. The summed E-state index contributed by atoms with van der Waals surface area (Å²) in [7, 11) is 0. The van der Waals surface area contributed by atoms with Gasteiger partial charge in [-0.25, -0.2) is 9.18 Å². The van der Waals surface area contributed by atoms with Crippen molar-refractivity contribution in [3.05, 3.63) is 28.0 Å². The Balaban J connectivity index is 2.94. The Morgan fingerprint density at radius 3 is 2.88 bits per heavy atom. The fourth-order valence-electron chi connectivity index (χ4n) is 1.12. The van der Waals surface area contributed by atoms with E-state index in [1.54, 1.807) is 0 Å². The van der Waals surface area contributed by atoms with Gasteiger partial charge in [-0.2, -0.15) is 0 Å². The molecule has 0 spiro atoms. The van der Waals surface area contributed by atoms with Crippen molar-refractivity contribution in [3.63, 3.8) is 0 Å². The van der Waals surface area contributed by atoms with E-state index >= 15 is 0 Å². The minimum absolute atomic E-state index is 0.0642. The molecule has 3 nitrogen and oxygen atoms in total. The highest BCUT2D eigenvalue weighted by atomic mass is 79.9. The van der Waals surface area contributed by atoms with Crippen molar-refractivity contribution in [3.8, 4) is 12.3 Å². The van der Waals surface area contributed by atoms with Crippen LogP contribution in [0.5, 0.6) is 0 Å². The Kier molecular flexibility index (Phi) is 4.32. The number of aromatic carboxylic acids is 1. The third-order valence-corrected chi connectivity index (χ3v) is 2.67. The second-order valence-corrected chi connectivity index (χ2v) is 3.77. The first-order valence-electron chi connectivity index (χ1n) is 4.46. The number of carboxylic acid groups (broad SMARTS) is 1. The minimum atomic E-state index is -1.18. The highest BCUT2D eigenvalue weighted by Crippen LogP contribution is 2.26. The molecule has 0 aliphatic heterocycles. The average molecular weight is 286 g/mol. The zero-order valence-corrected chi connectivity index (χ0v) is 9.84. The molecule has 0 radical (unpaired) electrons. The Hall–Kier alpha value is -1.54. The number of hydrogen-bond donors (Lipinski definition) is 2. The second kappa shape index (κ2) is 5.52. The molecule has 0 unspecified atom stereocenters. The zero-order chi connectivity index (χ0) is 12.1. The number of carboxylic acids is 1. The molecule has 16 heavy (non-hydrogen) atoms. The summed E-state index contributed by atoms with van der Waals surface area (Å²) >= 11 is 2.90. The first-order chi connectivity index (χ1) is 7.57. The Morgan fingerprint density at radius 1 is 1.62 bits per heavy atom. The fraction of sp³-hybridized carbons (Fsp3) is 0.182. The van der Waals surface area contributed by atoms with Gasteiger partial charge in [-0.05, 0) is 28.1 Å². The van der Waals surface area contributed by atoms with Crippen molar-refractivity contribution in [1.29, 1.82) is 0 Å². The Labute approximate surface area is 101 Å². The van der Waals surface area contributed by atoms with Crippen molar-refractivity contribution >= 4 is 27.6 Å². The van der Waals surface area contributed by atoms with Crippen LogP contribution >= 0.6 is 15.9 Å². The summed E-state index contributed by atoms with van der Waals surface area (Å²) in [6.07, 6.45) is 5.52. The molecular formula is C11H9BrFNO2. The number of halogens is 2. The van der Waals surface area contributed by atoms with Gasteiger partial charge in [0.05, 0.1) is 15.7 Å². The summed E-state index contributed by atoms with van der Waals surface area (Å²) < 4.78 is 13.6. The van der Waals surface area contributed by atoms with E-state index in [0.717, 1.165) is 0 Å². The van der Waals surface area contributed by atoms with Crippen LogP contribution in [-0.2, 0) is 0 Å². The van der Waals surface area contributed by atoms with Crippen LogP contribution in [-0.4, -0.2) is 17.6 Å². The Morgan fingerprint density at radius 2 is 2.31 bits per heavy atom. The maximum absolute atomic E-state index is 13.6. The molecule has 0 aliphatic carbocycles. The van der Waals surface area contributed by atoms with Crippen LogP contribution in [0.3, 0.4) is 0 Å². The molecule has 0 atom stereocenters. The van der Waals surface area contributed by atoms with Crippen molar-refractivity contribution < 1.29 is 14.3 Å². The topological polar surface area (TPSA) is 49.3 Å². The summed E-state index contributed by atoms with van der Waals surface area (Å²) in [6.45, 7) is 0.437. The van der Waals surface area contributed by atoms with Crippen molar-refractivity contribution in [2.24, 2.45) is 0 Å². The molecule has 84 valence electrons. The molecule has 1 rings (SSSR count). The van der Waals surface area contributed by atoms with Crippen molar-refractivity contribution in [2.45, 2.75) is 6.42 Å². The van der Waals surface area contributed by atoms with Gasteiger partial charge in [-0.15, -0.1) is 12.3 Å². The fourth-order valence-corrected chi connectivity index (χ4v) is 1.64. The van der Waals surface area contributed by atoms with Gasteiger partial charge in [-0.1, -0.05) is 0 Å². The van der Waals surface area contributed by atoms with Gasteiger partial charge in [0, 0.05) is 13.0 Å². The standard InChI is InChI=1S/C11H9BrFNO2/c1-2-3-6-14-8-5-4-7(11(15)16)9(12)10(8)13/h1,4-5,14H,3,6H2,(H,15,16). The van der Waals surface area contributed by atoms with Crippen LogP contribution in [0, 0.1) is 18.2 Å². The molecule has 0 saturated carbocycles. The van der Waals surface area contributed by atoms with E-state index in [9.17, 15) is 9.18 Å². The molecule has 0 saturated heterocycles. The summed E-state index contributed by atoms with van der Waals surface area (Å²) in [5.74, 6) is 0.603. The number of benzene rings is 1. The number of rotatable bonds is 4. The van der Waals surface area contributed by atoms with Crippen LogP contribution in [0.2, 0.25) is 0 Å². The summed E-state index contributed by atoms with van der Waals surface area (Å²) in [5, 5.41) is 11.5. The summed E-state index contributed by atoms with van der Waals surface area (Å²) in [6, 6.07) is 2.70. The zero-order valence-electron chi connectivity index (χ0n) is 8.26. The van der Waals surface area contributed by atoms with E-state index in [-0.39, 0.29) is 15.7 Å². The van der Waals surface area contributed by atoms with Crippen molar-refractivity contribution in [1.82, 2.24) is 0 Å². The number of anilines is 1. The molecule has 2 N–H and O–H groups in total. The molecule has 0 bridgehead atoms. The van der Waals surface area contributed by atoms with Gasteiger partial charge in [0.1, 0.15) is 0 Å². The van der Waals surface area contributed by atoms with Crippen LogP contribution in [0.4, 0.5) is 10.1 Å². The van der Waals surface area contributed by atoms with E-state index in [1.165, 1.54) is 12.1 Å². The number of hydrogen-bond acceptors (Lipinski definition) is 2. The molecule has 0 fully saturated rings. The molecular weight excluding hydrogens is 277 g/mol. The monoisotopic (exact) mass is 285 g/mol. The van der Waals surface area contributed by atoms with E-state index in [4.69, 9.17) is 11.5 Å². The van der Waals surface area contributed by atoms with Gasteiger partial charge in [0.15, 0.2) is 5.82 Å². The van der Waals surface area contributed by atoms with E-state index in [1.807, 2.05) is 0 Å². The van der Waals surface area contributed by atoms with Gasteiger partial charge in [0.25, 0.3) is 0 Å². The van der Waals surface area contributed by atoms with Gasteiger partial charge < -0.3 is 10.4 Å². The second-order valence-electron chi connectivity index (χ2n) is 2.97. The lowest BCUT2D eigenvalue weighted by Crippen LogP contribution is -2.06. The normalized spacial score (nSPS) is 9.56. The largest absolute Gasteiger partial charge is 0.478 e. The highest BCUT2D eigenvalue weighted by Gasteiger charge is 2.15. The first-order valence-corrected chi connectivity index (χ1v) is 5.26. The maximum atomic E-state index is 13.6. The van der Waals surface area contributed by atoms with E-state index in [2.05, 4.69) is 27.2 Å². The molecule has 0 aliphatic rings. The van der Waals surface area contributed by atoms with Crippen LogP contribution < -0.4 is 5.32 Å². The van der Waals surface area contributed by atoms with Gasteiger partial charge in [-0.3, -0.25) is 0 Å². The predicted molar refractivity (Wildman–Crippen MR) is 63.0 cm³/mol. The maximum Gasteiger partial charge on any atom is 0.336 e. The number of nitrogens with one attached hydrogen (secondary N) is 1. The molecule has 5 heteroatoms. The average Bonchev–Trinajstić information content (AvgIpc) is 2.24. The van der Waals surface area contributed by atoms with E-state index < -0.39 is 11.8 Å². The lowest BCUT2D eigenvalue weighted by Gasteiger charge is -2.08. The first kappa shape index (κ1) is 12.5. The number of carbonyl (C=O) groups is 1. The highest BCUT2D eigenvalue weighted by molar-refractivity contribution is 9.10. The SMILES string of the molecule is C#CCCNc1ccc(C(=O)O)c(Br)c1F. The molecule has 0 heterocycles.